The Morgan fingerprint density at radius 3 is 2.89 bits per heavy atom. The van der Waals surface area contributed by atoms with Crippen molar-refractivity contribution in [1.82, 2.24) is 16.0 Å². The fraction of sp³-hybridized carbons (Fsp3) is 0.556. The quantitative estimate of drug-likeness (QED) is 0.321. The first-order valence-corrected chi connectivity index (χ1v) is 5.34. The summed E-state index contributed by atoms with van der Waals surface area (Å²) in [6.07, 6.45) is -0.563. The van der Waals surface area contributed by atoms with Gasteiger partial charge in [0, 0.05) is 6.54 Å². The van der Waals surface area contributed by atoms with E-state index >= 15 is 0 Å². The van der Waals surface area contributed by atoms with E-state index in [2.05, 4.69) is 20.9 Å². The second-order valence-electron chi connectivity index (χ2n) is 4.00. The van der Waals surface area contributed by atoms with Crippen LogP contribution in [0.5, 0.6) is 0 Å². The zero-order valence-corrected chi connectivity index (χ0v) is 9.34. The van der Waals surface area contributed by atoms with Crippen molar-refractivity contribution in [2.45, 2.75) is 18.2 Å². The van der Waals surface area contributed by atoms with E-state index in [1.165, 1.54) is 0 Å². The molecule has 2 heterocycles. The summed E-state index contributed by atoms with van der Waals surface area (Å²) in [4.78, 5) is 38.2. The molecule has 0 bridgehead atoms. The molecule has 0 aromatic carbocycles. The van der Waals surface area contributed by atoms with Gasteiger partial charge >= 0.3 is 0 Å². The first kappa shape index (κ1) is 12.6. The number of aliphatic hydroxyl groups is 1. The Morgan fingerprint density at radius 1 is 1.50 bits per heavy atom. The number of piperazine rings is 1. The number of Topliss-reactive ketones (excluding diaryl/α,β-unsaturated/α-hetero) is 2. The van der Waals surface area contributed by atoms with Gasteiger partial charge in [0.25, 0.3) is 0 Å². The van der Waals surface area contributed by atoms with Gasteiger partial charge in [-0.1, -0.05) is 0 Å². The van der Waals surface area contributed by atoms with Gasteiger partial charge in [-0.3, -0.25) is 30.3 Å². The van der Waals surface area contributed by atoms with Crippen molar-refractivity contribution in [2.24, 2.45) is 10.7 Å². The number of carbonyl (C=O) groups is 3. The zero-order valence-electron chi connectivity index (χ0n) is 9.34. The summed E-state index contributed by atoms with van der Waals surface area (Å²) in [5.41, 5.74) is 5.39. The molecule has 9 heteroatoms. The number of hydrogen-bond acceptors (Lipinski definition) is 8. The molecule has 98 valence electrons. The van der Waals surface area contributed by atoms with E-state index < -0.39 is 42.3 Å². The second-order valence-corrected chi connectivity index (χ2v) is 4.00. The molecule has 0 spiro atoms. The summed E-state index contributed by atoms with van der Waals surface area (Å²) < 4.78 is 0. The average Bonchev–Trinajstić information content (AvgIpc) is 2.36. The molecule has 1 fully saturated rings. The maximum absolute atomic E-state index is 11.6. The van der Waals surface area contributed by atoms with Gasteiger partial charge < -0.3 is 10.8 Å². The number of aliphatic imine (C=N–C) groups is 1. The minimum Gasteiger partial charge on any atom is -0.388 e. The van der Waals surface area contributed by atoms with Crippen molar-refractivity contribution >= 4 is 23.4 Å². The van der Waals surface area contributed by atoms with E-state index in [1.54, 1.807) is 0 Å². The lowest BCUT2D eigenvalue weighted by Gasteiger charge is -2.36. The molecule has 0 aliphatic carbocycles. The molecule has 3 atom stereocenters. The Bertz CT molecular complexity index is 435. The molecule has 18 heavy (non-hydrogen) atoms. The van der Waals surface area contributed by atoms with Crippen LogP contribution in [0.1, 0.15) is 0 Å². The van der Waals surface area contributed by atoms with Crippen LogP contribution in [0.25, 0.3) is 0 Å². The Labute approximate surface area is 102 Å². The van der Waals surface area contributed by atoms with Crippen molar-refractivity contribution in [2.75, 3.05) is 13.2 Å². The maximum atomic E-state index is 11.6. The number of amides is 1. The van der Waals surface area contributed by atoms with E-state index in [9.17, 15) is 14.4 Å². The van der Waals surface area contributed by atoms with Crippen LogP contribution in [0.15, 0.2) is 4.99 Å². The van der Waals surface area contributed by atoms with Crippen molar-refractivity contribution in [1.29, 1.82) is 0 Å². The van der Waals surface area contributed by atoms with Crippen molar-refractivity contribution in [3.05, 3.63) is 0 Å². The van der Waals surface area contributed by atoms with Crippen LogP contribution in [0.4, 0.5) is 0 Å². The van der Waals surface area contributed by atoms with Gasteiger partial charge in [0.1, 0.15) is 18.8 Å². The third-order valence-corrected chi connectivity index (χ3v) is 2.77. The molecule has 0 aromatic rings. The summed E-state index contributed by atoms with van der Waals surface area (Å²) in [6.45, 7) is -0.710. The number of nitrogens with one attached hydrogen (secondary N) is 3. The normalized spacial score (nSPS) is 31.1. The Hall–Kier alpha value is -1.84. The standard InChI is InChI=1S/C9H13N5O4/c10-9-13-7-5(8(18)14-9)12-3(1-11-7)6(17)4(16)2-15/h3,5,7,11-12,15H,1-2H2,(H3,10,13,14,18). The first-order valence-electron chi connectivity index (χ1n) is 5.34. The number of nitrogens with two attached hydrogens (primary N) is 1. The molecule has 1 saturated heterocycles. The third-order valence-electron chi connectivity index (χ3n) is 2.77. The van der Waals surface area contributed by atoms with Crippen LogP contribution < -0.4 is 21.7 Å². The fourth-order valence-corrected chi connectivity index (χ4v) is 1.89. The van der Waals surface area contributed by atoms with Crippen LogP contribution >= 0.6 is 0 Å². The van der Waals surface area contributed by atoms with Crippen LogP contribution in [0.3, 0.4) is 0 Å². The zero-order chi connectivity index (χ0) is 13.3. The minimum atomic E-state index is -0.896. The van der Waals surface area contributed by atoms with Gasteiger partial charge in [-0.2, -0.15) is 0 Å². The predicted molar refractivity (Wildman–Crippen MR) is 59.4 cm³/mol. The lowest BCUT2D eigenvalue weighted by atomic mass is 10.0. The molecule has 2 aliphatic rings. The molecule has 0 radical (unpaired) electrons. The Kier molecular flexibility index (Phi) is 3.36. The fourth-order valence-electron chi connectivity index (χ4n) is 1.89. The number of hydrogen-bond donors (Lipinski definition) is 5. The summed E-state index contributed by atoms with van der Waals surface area (Å²) in [5, 5.41) is 16.5. The van der Waals surface area contributed by atoms with Crippen molar-refractivity contribution < 1.29 is 19.5 Å². The van der Waals surface area contributed by atoms with Gasteiger partial charge in [-0.05, 0) is 0 Å². The SMILES string of the molecule is NC1=NC2NCC(C(=O)C(=O)CO)NC2C(=O)N1. The number of aliphatic hydroxyl groups excluding tert-OH is 1. The monoisotopic (exact) mass is 255 g/mol. The minimum absolute atomic E-state index is 0.00626. The number of guanidine groups is 1. The van der Waals surface area contributed by atoms with E-state index in [-0.39, 0.29) is 12.5 Å². The lowest BCUT2D eigenvalue weighted by Crippen LogP contribution is -2.70. The number of rotatable bonds is 3. The molecule has 0 saturated carbocycles. The van der Waals surface area contributed by atoms with Crippen LogP contribution in [-0.4, -0.2) is 59.9 Å². The Balaban J connectivity index is 2.09. The summed E-state index contributed by atoms with van der Waals surface area (Å²) >= 11 is 0. The van der Waals surface area contributed by atoms with Crippen LogP contribution in [0.2, 0.25) is 0 Å². The summed E-state index contributed by atoms with van der Waals surface area (Å²) in [6, 6.07) is -1.63. The van der Waals surface area contributed by atoms with E-state index in [0.717, 1.165) is 0 Å². The van der Waals surface area contributed by atoms with E-state index in [0.29, 0.717) is 0 Å². The number of fused-ring (bicyclic) bond motifs is 1. The lowest BCUT2D eigenvalue weighted by molar-refractivity contribution is -0.140. The molecule has 3 unspecified atom stereocenters. The predicted octanol–water partition coefficient (Wildman–Crippen LogP) is -4.18. The molecule has 2 rings (SSSR count). The molecule has 1 amide bonds. The highest BCUT2D eigenvalue weighted by molar-refractivity contribution is 6.39. The molecular formula is C9H13N5O4. The van der Waals surface area contributed by atoms with Gasteiger partial charge in [0.15, 0.2) is 5.96 Å². The molecule has 0 aromatic heterocycles. The Morgan fingerprint density at radius 2 is 2.22 bits per heavy atom. The van der Waals surface area contributed by atoms with Crippen molar-refractivity contribution in [3.8, 4) is 0 Å². The number of carbonyl (C=O) groups excluding carboxylic acids is 3. The van der Waals surface area contributed by atoms with Gasteiger partial charge in [-0.25, -0.2) is 4.99 Å². The van der Waals surface area contributed by atoms with Crippen LogP contribution in [0, 0.1) is 0 Å². The third kappa shape index (κ3) is 2.23. The first-order chi connectivity index (χ1) is 8.52. The highest BCUT2D eigenvalue weighted by Crippen LogP contribution is 2.08. The summed E-state index contributed by atoms with van der Waals surface area (Å²) in [7, 11) is 0. The molecule has 6 N–H and O–H groups in total. The second kappa shape index (κ2) is 4.80. The smallest absolute Gasteiger partial charge is 0.247 e. The molecular weight excluding hydrogens is 242 g/mol. The number of nitrogens with zero attached hydrogens (tertiary/aromatic N) is 1. The maximum Gasteiger partial charge on any atom is 0.247 e. The highest BCUT2D eigenvalue weighted by Gasteiger charge is 2.40. The molecule has 2 aliphatic heterocycles. The van der Waals surface area contributed by atoms with Gasteiger partial charge in [-0.15, -0.1) is 0 Å². The van der Waals surface area contributed by atoms with Crippen LogP contribution in [-0.2, 0) is 14.4 Å². The van der Waals surface area contributed by atoms with E-state index in [1.807, 2.05) is 0 Å². The topological polar surface area (TPSA) is 146 Å². The largest absolute Gasteiger partial charge is 0.388 e. The van der Waals surface area contributed by atoms with E-state index in [4.69, 9.17) is 10.8 Å². The number of ketones is 2. The molecule has 9 nitrogen and oxygen atoms in total. The van der Waals surface area contributed by atoms with Crippen molar-refractivity contribution in [3.63, 3.8) is 0 Å². The van der Waals surface area contributed by atoms with Gasteiger partial charge in [0.2, 0.25) is 17.5 Å². The average molecular weight is 255 g/mol. The summed E-state index contributed by atoms with van der Waals surface area (Å²) in [5.74, 6) is -2.08. The van der Waals surface area contributed by atoms with Gasteiger partial charge in [0.05, 0.1) is 6.04 Å². The highest BCUT2D eigenvalue weighted by atomic mass is 16.3.